The van der Waals surface area contributed by atoms with Crippen molar-refractivity contribution in [2.45, 2.75) is 105 Å². The minimum absolute atomic E-state index is 0.382. The Morgan fingerprint density at radius 2 is 0.625 bits per heavy atom. The van der Waals surface area contributed by atoms with Crippen LogP contribution < -0.4 is 0 Å². The highest BCUT2D eigenvalue weighted by molar-refractivity contribution is 6.48. The fraction of sp³-hybridized carbons (Fsp3) is 0.364. The summed E-state index contributed by atoms with van der Waals surface area (Å²) in [5, 5.41) is 0. The van der Waals surface area contributed by atoms with Gasteiger partial charge >= 0.3 is 0 Å². The maximum absolute atomic E-state index is 2.59. The molecule has 4 rings (SSSR count). The number of hydrogen-bond donors (Lipinski definition) is 0. The predicted molar refractivity (Wildman–Crippen MR) is 212 cm³/mol. The molecule has 0 N–H and O–H groups in total. The molecule has 0 aliphatic heterocycles. The summed E-state index contributed by atoms with van der Waals surface area (Å²) in [6.45, 7) is 18.5. The lowest BCUT2D eigenvalue weighted by Crippen LogP contribution is -2.39. The summed E-state index contributed by atoms with van der Waals surface area (Å²) in [6, 6.07) is 45.2. The molecule has 0 saturated heterocycles. The van der Waals surface area contributed by atoms with Gasteiger partial charge in [0.25, 0.3) is 0 Å². The molecule has 48 heavy (non-hydrogen) atoms. The lowest BCUT2D eigenvalue weighted by atomic mass is 9.62. The Bertz CT molecular complexity index is 1340. The number of hydrogen-bond acceptors (Lipinski definition) is 2. The smallest absolute Gasteiger partial charge is 0.175 e. The van der Waals surface area contributed by atoms with Crippen LogP contribution >= 0.6 is 0 Å². The Hall–Kier alpha value is -3.91. The van der Waals surface area contributed by atoms with Gasteiger partial charge in [-0.25, -0.2) is 0 Å². The quantitative estimate of drug-likeness (QED) is 0.0842. The van der Waals surface area contributed by atoms with Crippen LogP contribution in [0.15, 0.2) is 133 Å². The molecule has 0 amide bonds. The first kappa shape index (κ1) is 36.9. The molecule has 0 aliphatic carbocycles. The summed E-state index contributed by atoms with van der Waals surface area (Å²) in [7, 11) is 5.03. The maximum atomic E-state index is 2.59. The molecule has 2 nitrogen and oxygen atoms in total. The van der Waals surface area contributed by atoms with Gasteiger partial charge in [0.1, 0.15) is 0 Å². The van der Waals surface area contributed by atoms with Crippen molar-refractivity contribution in [1.29, 1.82) is 0 Å². The molecular formula is C44H56B2N2. The van der Waals surface area contributed by atoms with Crippen LogP contribution in [0.25, 0.3) is 11.1 Å². The van der Waals surface area contributed by atoms with Gasteiger partial charge in [0.15, 0.2) is 14.6 Å². The molecule has 4 aromatic rings. The van der Waals surface area contributed by atoms with E-state index in [4.69, 9.17) is 0 Å². The van der Waals surface area contributed by atoms with E-state index in [9.17, 15) is 0 Å². The first-order valence-corrected chi connectivity index (χ1v) is 18.1. The van der Waals surface area contributed by atoms with Gasteiger partial charge in [0, 0.05) is 24.2 Å². The molecule has 248 valence electrons. The van der Waals surface area contributed by atoms with Gasteiger partial charge in [0.2, 0.25) is 0 Å². The first-order chi connectivity index (χ1) is 23.2. The number of rotatable bonds is 17. The fourth-order valence-corrected chi connectivity index (χ4v) is 7.09. The third kappa shape index (κ3) is 9.82. The highest BCUT2D eigenvalue weighted by Gasteiger charge is 2.24. The van der Waals surface area contributed by atoms with Crippen molar-refractivity contribution in [2.75, 3.05) is 0 Å². The zero-order valence-corrected chi connectivity index (χ0v) is 30.7. The summed E-state index contributed by atoms with van der Waals surface area (Å²) in [5.74, 6) is 0. The Morgan fingerprint density at radius 3 is 0.833 bits per heavy atom. The molecule has 0 heterocycles. The molecule has 0 aromatic heterocycles. The van der Waals surface area contributed by atoms with E-state index in [1.165, 1.54) is 44.6 Å². The van der Waals surface area contributed by atoms with E-state index in [1.807, 2.05) is 0 Å². The largest absolute Gasteiger partial charge is 0.378 e. The van der Waals surface area contributed by atoms with Crippen LogP contribution in [0.1, 0.15) is 90.5 Å². The Morgan fingerprint density at radius 1 is 0.396 bits per heavy atom. The second kappa shape index (κ2) is 18.6. The molecule has 0 bridgehead atoms. The second-order valence-electron chi connectivity index (χ2n) is 13.9. The van der Waals surface area contributed by atoms with Gasteiger partial charge in [0.05, 0.1) is 0 Å². The van der Waals surface area contributed by atoms with Crippen molar-refractivity contribution < 1.29 is 0 Å². The highest BCUT2D eigenvalue weighted by atomic mass is 15.2. The lowest BCUT2D eigenvalue weighted by molar-refractivity contribution is 0.247. The first-order valence-electron chi connectivity index (χ1n) is 18.1. The number of benzene rings is 4. The molecule has 4 heteroatoms. The third-order valence-electron chi connectivity index (χ3n) is 8.88. The average molecular weight is 635 g/mol. The Labute approximate surface area is 294 Å². The van der Waals surface area contributed by atoms with E-state index in [0.717, 1.165) is 25.5 Å². The van der Waals surface area contributed by atoms with Gasteiger partial charge < -0.3 is 9.80 Å². The molecule has 4 aromatic carbocycles. The molecule has 0 saturated carbocycles. The molecule has 0 atom stereocenters. The minimum Gasteiger partial charge on any atom is -0.378 e. The lowest BCUT2D eigenvalue weighted by Gasteiger charge is -2.38. The summed E-state index contributed by atoms with van der Waals surface area (Å²) >= 11 is 0. The van der Waals surface area contributed by atoms with Crippen molar-refractivity contribution in [1.82, 2.24) is 9.80 Å². The fourth-order valence-electron chi connectivity index (χ4n) is 7.09. The van der Waals surface area contributed by atoms with E-state index in [0.29, 0.717) is 24.2 Å². The summed E-state index contributed by atoms with van der Waals surface area (Å²) in [4.78, 5) is 5.19. The zero-order chi connectivity index (χ0) is 34.5. The minimum atomic E-state index is 0.382. The van der Waals surface area contributed by atoms with Gasteiger partial charge in [-0.1, -0.05) is 147 Å². The van der Waals surface area contributed by atoms with Crippen molar-refractivity contribution in [3.63, 3.8) is 0 Å². The van der Waals surface area contributed by atoms with E-state index in [-0.39, 0.29) is 0 Å². The van der Waals surface area contributed by atoms with Crippen LogP contribution in [0.3, 0.4) is 0 Å². The number of nitrogens with zero attached hydrogens (tertiary/aromatic N) is 2. The van der Waals surface area contributed by atoms with Crippen molar-refractivity contribution >= 4 is 25.7 Å². The van der Waals surface area contributed by atoms with Crippen molar-refractivity contribution in [3.8, 4) is 0 Å². The zero-order valence-electron chi connectivity index (χ0n) is 30.7. The van der Waals surface area contributed by atoms with Crippen LogP contribution in [-0.2, 0) is 0 Å². The van der Waals surface area contributed by atoms with Gasteiger partial charge in [-0.15, -0.1) is 0 Å². The normalized spacial score (nSPS) is 11.2. The van der Waals surface area contributed by atoms with Crippen LogP contribution in [0, 0.1) is 0 Å². The van der Waals surface area contributed by atoms with Crippen molar-refractivity contribution in [3.05, 3.63) is 155 Å². The van der Waals surface area contributed by atoms with E-state index in [2.05, 4.69) is 201 Å². The predicted octanol–water partition coefficient (Wildman–Crippen LogP) is 11.1. The van der Waals surface area contributed by atoms with E-state index < -0.39 is 0 Å². The molecule has 0 unspecified atom stereocenters. The maximum Gasteiger partial charge on any atom is 0.175 e. The topological polar surface area (TPSA) is 6.48 Å². The Kier molecular flexibility index (Phi) is 14.3. The molecular weight excluding hydrogens is 578 g/mol. The number of unbranched alkanes of at least 4 members (excludes halogenated alkanes) is 1. The summed E-state index contributed by atoms with van der Waals surface area (Å²) in [5.41, 5.74) is 10.4. The summed E-state index contributed by atoms with van der Waals surface area (Å²) < 4.78 is 0. The van der Waals surface area contributed by atoms with Crippen molar-refractivity contribution in [2.24, 2.45) is 0 Å². The monoisotopic (exact) mass is 634 g/mol. The van der Waals surface area contributed by atoms with Gasteiger partial charge in [-0.3, -0.25) is 0 Å². The average Bonchev–Trinajstić information content (AvgIpc) is 3.07. The SMILES string of the molecule is CC(C)N(C([B]CCCC[B]C(=C(c1ccccc1)c1ccccc1)N(C(C)C)C(C)C)=C(c1ccccc1)c1ccccc1)C(C)C. The highest BCUT2D eigenvalue weighted by Crippen LogP contribution is 2.33. The van der Waals surface area contributed by atoms with Gasteiger partial charge in [-0.2, -0.15) is 0 Å². The standard InChI is InChI=1S/C44H56B2N2/c1-33(2)47(34(3)4)43(41(37-23-13-9-14-24-37)38-25-15-10-16-26-38)45-31-21-22-32-46-44(48(35(5)6)36(7)8)42(39-27-17-11-18-28-39)40-29-19-12-20-30-40/h9-20,23-30,33-36H,21-22,31-32H2,1-8H3. The summed E-state index contributed by atoms with van der Waals surface area (Å²) in [6.07, 6.45) is 4.32. The molecule has 0 aliphatic rings. The van der Waals surface area contributed by atoms with Crippen LogP contribution in [0.5, 0.6) is 0 Å². The van der Waals surface area contributed by atoms with E-state index >= 15 is 0 Å². The molecule has 0 fully saturated rings. The van der Waals surface area contributed by atoms with Crippen LogP contribution in [0.4, 0.5) is 0 Å². The molecule has 2 radical (unpaired) electrons. The van der Waals surface area contributed by atoms with E-state index in [1.54, 1.807) is 0 Å². The Balaban J connectivity index is 1.62. The third-order valence-corrected chi connectivity index (χ3v) is 8.88. The van der Waals surface area contributed by atoms with Gasteiger partial charge in [-0.05, 0) is 100.0 Å². The molecule has 0 spiro atoms. The van der Waals surface area contributed by atoms with Crippen LogP contribution in [-0.4, -0.2) is 48.5 Å². The van der Waals surface area contributed by atoms with Crippen LogP contribution in [0.2, 0.25) is 12.6 Å². The second-order valence-corrected chi connectivity index (χ2v) is 13.9.